The summed E-state index contributed by atoms with van der Waals surface area (Å²) in [6, 6.07) is 22.7. The van der Waals surface area contributed by atoms with Gasteiger partial charge in [-0.05, 0) is 55.0 Å². The number of hydrogen-bond donors (Lipinski definition) is 2. The topological polar surface area (TPSA) is 82.0 Å². The molecule has 0 bridgehead atoms. The number of benzene rings is 3. The van der Waals surface area contributed by atoms with Crippen LogP contribution in [0.1, 0.15) is 31.8 Å². The Hall–Kier alpha value is -3.91. The molecule has 0 heterocycles. The van der Waals surface area contributed by atoms with Crippen LogP contribution in [0.3, 0.4) is 0 Å². The molecule has 3 aromatic carbocycles. The summed E-state index contributed by atoms with van der Waals surface area (Å²) >= 11 is 0. The van der Waals surface area contributed by atoms with Crippen LogP contribution in [0, 0.1) is 18.3 Å². The quantitative estimate of drug-likeness (QED) is 0.729. The molecule has 0 aliphatic heterocycles. The van der Waals surface area contributed by atoms with E-state index in [2.05, 4.69) is 10.6 Å². The Morgan fingerprint density at radius 2 is 1.56 bits per heavy atom. The lowest BCUT2D eigenvalue weighted by Gasteiger charge is -2.11. The predicted molar refractivity (Wildman–Crippen MR) is 105 cm³/mol. The SMILES string of the molecule is Cc1ccc(C(=O)Nc2cccc(C#N)c2)cc1NC(=O)c1ccccc1. The summed E-state index contributed by atoms with van der Waals surface area (Å²) in [6.07, 6.45) is 0. The van der Waals surface area contributed by atoms with Crippen LogP contribution in [0.4, 0.5) is 11.4 Å². The molecule has 0 saturated heterocycles. The fraction of sp³-hybridized carbons (Fsp3) is 0.0455. The van der Waals surface area contributed by atoms with E-state index in [1.807, 2.05) is 19.1 Å². The second-order valence-electron chi connectivity index (χ2n) is 6.00. The number of rotatable bonds is 4. The fourth-order valence-electron chi connectivity index (χ4n) is 2.55. The molecule has 3 aromatic rings. The normalized spacial score (nSPS) is 9.93. The van der Waals surface area contributed by atoms with Crippen LogP contribution in [0.2, 0.25) is 0 Å². The monoisotopic (exact) mass is 355 g/mol. The molecule has 0 spiro atoms. The maximum atomic E-state index is 12.5. The van der Waals surface area contributed by atoms with Gasteiger partial charge in [0.15, 0.2) is 0 Å². The van der Waals surface area contributed by atoms with Crippen LogP contribution in [-0.2, 0) is 0 Å². The second-order valence-corrected chi connectivity index (χ2v) is 6.00. The van der Waals surface area contributed by atoms with Crippen LogP contribution < -0.4 is 10.6 Å². The van der Waals surface area contributed by atoms with Crippen molar-refractivity contribution in [1.29, 1.82) is 5.26 Å². The Labute approximate surface area is 157 Å². The van der Waals surface area contributed by atoms with Crippen molar-refractivity contribution in [2.45, 2.75) is 6.92 Å². The summed E-state index contributed by atoms with van der Waals surface area (Å²) in [4.78, 5) is 24.9. The van der Waals surface area contributed by atoms with Crippen molar-refractivity contribution in [3.63, 3.8) is 0 Å². The largest absolute Gasteiger partial charge is 0.322 e. The van der Waals surface area contributed by atoms with E-state index in [9.17, 15) is 9.59 Å². The third-order valence-corrected chi connectivity index (χ3v) is 4.03. The van der Waals surface area contributed by atoms with E-state index in [0.717, 1.165) is 5.56 Å². The minimum Gasteiger partial charge on any atom is -0.322 e. The Bertz CT molecular complexity index is 1040. The van der Waals surface area contributed by atoms with E-state index < -0.39 is 0 Å². The smallest absolute Gasteiger partial charge is 0.255 e. The first-order valence-corrected chi connectivity index (χ1v) is 8.35. The summed E-state index contributed by atoms with van der Waals surface area (Å²) in [5.41, 5.74) is 3.37. The lowest BCUT2D eigenvalue weighted by molar-refractivity contribution is 0.101. The molecule has 0 aromatic heterocycles. The Balaban J connectivity index is 1.79. The molecule has 2 amide bonds. The molecular formula is C22H17N3O2. The highest BCUT2D eigenvalue weighted by Gasteiger charge is 2.12. The van der Waals surface area contributed by atoms with Crippen LogP contribution in [0.5, 0.6) is 0 Å². The number of nitrogens with zero attached hydrogens (tertiary/aromatic N) is 1. The predicted octanol–water partition coefficient (Wildman–Crippen LogP) is 4.37. The number of nitriles is 1. The molecule has 3 rings (SSSR count). The molecule has 0 aliphatic rings. The minimum atomic E-state index is -0.319. The van der Waals surface area contributed by atoms with Gasteiger partial charge in [0, 0.05) is 22.5 Å². The molecule has 0 aliphatic carbocycles. The highest BCUT2D eigenvalue weighted by Crippen LogP contribution is 2.19. The standard InChI is InChI=1S/C22H17N3O2/c1-15-10-11-18(22(27)24-19-9-5-6-16(12-19)14-23)13-20(15)25-21(26)17-7-3-2-4-8-17/h2-13H,1H3,(H,24,27)(H,25,26). The number of aryl methyl sites for hydroxylation is 1. The van der Waals surface area contributed by atoms with Crippen LogP contribution in [0.25, 0.3) is 0 Å². The summed E-state index contributed by atoms with van der Waals surface area (Å²) in [5, 5.41) is 14.6. The number of hydrogen-bond acceptors (Lipinski definition) is 3. The molecule has 5 heteroatoms. The summed E-state index contributed by atoms with van der Waals surface area (Å²) in [7, 11) is 0. The molecule has 132 valence electrons. The van der Waals surface area contributed by atoms with Gasteiger partial charge in [-0.25, -0.2) is 0 Å². The molecule has 5 nitrogen and oxygen atoms in total. The molecule has 27 heavy (non-hydrogen) atoms. The first kappa shape index (κ1) is 17.9. The van der Waals surface area contributed by atoms with Gasteiger partial charge in [-0.3, -0.25) is 9.59 Å². The van der Waals surface area contributed by atoms with E-state index in [1.165, 1.54) is 0 Å². The first-order valence-electron chi connectivity index (χ1n) is 8.35. The fourth-order valence-corrected chi connectivity index (χ4v) is 2.55. The van der Waals surface area contributed by atoms with Crippen molar-refractivity contribution in [3.05, 3.63) is 95.1 Å². The Morgan fingerprint density at radius 3 is 2.30 bits per heavy atom. The van der Waals surface area contributed by atoms with E-state index in [1.54, 1.807) is 66.7 Å². The minimum absolute atomic E-state index is 0.238. The average Bonchev–Trinajstić information content (AvgIpc) is 2.70. The number of carbonyl (C=O) groups is 2. The molecule has 2 N–H and O–H groups in total. The van der Waals surface area contributed by atoms with E-state index in [4.69, 9.17) is 5.26 Å². The third kappa shape index (κ3) is 4.39. The van der Waals surface area contributed by atoms with Crippen molar-refractivity contribution in [2.75, 3.05) is 10.6 Å². The number of amides is 2. The molecular weight excluding hydrogens is 338 g/mol. The van der Waals surface area contributed by atoms with Gasteiger partial charge in [-0.2, -0.15) is 5.26 Å². The second kappa shape index (κ2) is 7.98. The highest BCUT2D eigenvalue weighted by molar-refractivity contribution is 6.07. The van der Waals surface area contributed by atoms with Crippen LogP contribution >= 0.6 is 0 Å². The maximum absolute atomic E-state index is 12.5. The lowest BCUT2D eigenvalue weighted by atomic mass is 10.1. The number of nitrogens with one attached hydrogen (secondary N) is 2. The molecule has 0 atom stereocenters. The van der Waals surface area contributed by atoms with Crippen molar-refractivity contribution in [1.82, 2.24) is 0 Å². The van der Waals surface area contributed by atoms with Gasteiger partial charge >= 0.3 is 0 Å². The van der Waals surface area contributed by atoms with Crippen molar-refractivity contribution < 1.29 is 9.59 Å². The van der Waals surface area contributed by atoms with Gasteiger partial charge in [0.05, 0.1) is 11.6 Å². The van der Waals surface area contributed by atoms with Gasteiger partial charge in [0.1, 0.15) is 0 Å². The number of carbonyl (C=O) groups excluding carboxylic acids is 2. The molecule has 0 fully saturated rings. The van der Waals surface area contributed by atoms with Crippen LogP contribution in [0.15, 0.2) is 72.8 Å². The first-order chi connectivity index (χ1) is 13.1. The summed E-state index contributed by atoms with van der Waals surface area (Å²) in [6.45, 7) is 1.86. The molecule has 0 saturated carbocycles. The zero-order valence-corrected chi connectivity index (χ0v) is 14.7. The zero-order valence-electron chi connectivity index (χ0n) is 14.7. The van der Waals surface area contributed by atoms with Gasteiger partial charge in [0.2, 0.25) is 0 Å². The summed E-state index contributed by atoms with van der Waals surface area (Å²) in [5.74, 6) is -0.557. The average molecular weight is 355 g/mol. The maximum Gasteiger partial charge on any atom is 0.255 e. The van der Waals surface area contributed by atoms with Crippen molar-refractivity contribution in [2.24, 2.45) is 0 Å². The van der Waals surface area contributed by atoms with Gasteiger partial charge < -0.3 is 10.6 Å². The zero-order chi connectivity index (χ0) is 19.2. The van der Waals surface area contributed by atoms with E-state index >= 15 is 0 Å². The van der Waals surface area contributed by atoms with Crippen molar-refractivity contribution >= 4 is 23.2 Å². The Kier molecular flexibility index (Phi) is 5.29. The Morgan fingerprint density at radius 1 is 0.815 bits per heavy atom. The van der Waals surface area contributed by atoms with Crippen molar-refractivity contribution in [3.8, 4) is 6.07 Å². The molecule has 0 radical (unpaired) electrons. The van der Waals surface area contributed by atoms with Gasteiger partial charge in [-0.15, -0.1) is 0 Å². The molecule has 0 unspecified atom stereocenters. The van der Waals surface area contributed by atoms with Gasteiger partial charge in [-0.1, -0.05) is 30.3 Å². The van der Waals surface area contributed by atoms with E-state index in [0.29, 0.717) is 28.1 Å². The third-order valence-electron chi connectivity index (χ3n) is 4.03. The highest BCUT2D eigenvalue weighted by atomic mass is 16.2. The van der Waals surface area contributed by atoms with E-state index in [-0.39, 0.29) is 11.8 Å². The lowest BCUT2D eigenvalue weighted by Crippen LogP contribution is -2.15. The van der Waals surface area contributed by atoms with Gasteiger partial charge in [0.25, 0.3) is 11.8 Å². The van der Waals surface area contributed by atoms with Crippen LogP contribution in [-0.4, -0.2) is 11.8 Å². The number of anilines is 2. The summed E-state index contributed by atoms with van der Waals surface area (Å²) < 4.78 is 0.